The molecule has 0 aromatic heterocycles. The smallest absolute Gasteiger partial charge is 0.138 e. The van der Waals surface area contributed by atoms with E-state index >= 15 is 0 Å². The van der Waals surface area contributed by atoms with E-state index in [0.717, 1.165) is 37.2 Å². The molecule has 1 aromatic carbocycles. The molecule has 1 heterocycles. The van der Waals surface area contributed by atoms with E-state index in [2.05, 4.69) is 6.07 Å². The molecule has 0 spiro atoms. The molecule has 1 fully saturated rings. The SMILES string of the molecule is COc1ccc(/C=C(/C#N)C(=N)N2CCCCC2)cc1. The second-order valence-electron chi connectivity index (χ2n) is 4.84. The second kappa shape index (κ2) is 6.76. The van der Waals surface area contributed by atoms with E-state index in [-0.39, 0.29) is 0 Å². The fourth-order valence-corrected chi connectivity index (χ4v) is 2.31. The molecule has 0 aliphatic carbocycles. The van der Waals surface area contributed by atoms with Gasteiger partial charge >= 0.3 is 0 Å². The topological polar surface area (TPSA) is 60.1 Å². The van der Waals surface area contributed by atoms with Crippen LogP contribution in [0.4, 0.5) is 0 Å². The lowest BCUT2D eigenvalue weighted by atomic mass is 10.1. The highest BCUT2D eigenvalue weighted by molar-refractivity contribution is 6.03. The average Bonchev–Trinajstić information content (AvgIpc) is 2.53. The van der Waals surface area contributed by atoms with Gasteiger partial charge in [0.05, 0.1) is 12.7 Å². The van der Waals surface area contributed by atoms with E-state index in [1.807, 2.05) is 29.2 Å². The van der Waals surface area contributed by atoms with Crippen LogP contribution in [0.15, 0.2) is 29.8 Å². The lowest BCUT2D eigenvalue weighted by Crippen LogP contribution is -2.35. The van der Waals surface area contributed by atoms with Crippen molar-refractivity contribution in [1.82, 2.24) is 4.90 Å². The molecule has 1 aliphatic heterocycles. The minimum absolute atomic E-state index is 0.336. The number of amidine groups is 1. The van der Waals surface area contributed by atoms with Crippen molar-refractivity contribution in [3.8, 4) is 11.8 Å². The molecule has 1 aromatic rings. The fraction of sp³-hybridized carbons (Fsp3) is 0.375. The summed E-state index contributed by atoms with van der Waals surface area (Å²) in [6, 6.07) is 9.62. The van der Waals surface area contributed by atoms with Gasteiger partial charge in [0.1, 0.15) is 17.7 Å². The zero-order valence-corrected chi connectivity index (χ0v) is 11.7. The monoisotopic (exact) mass is 269 g/mol. The molecule has 104 valence electrons. The van der Waals surface area contributed by atoms with Crippen molar-refractivity contribution in [2.24, 2.45) is 0 Å². The first-order valence-electron chi connectivity index (χ1n) is 6.84. The van der Waals surface area contributed by atoms with Crippen LogP contribution in [-0.2, 0) is 0 Å². The van der Waals surface area contributed by atoms with Gasteiger partial charge in [-0.3, -0.25) is 5.41 Å². The molecule has 0 atom stereocenters. The first-order valence-corrected chi connectivity index (χ1v) is 6.84. The van der Waals surface area contributed by atoms with E-state index < -0.39 is 0 Å². The van der Waals surface area contributed by atoms with Gasteiger partial charge in [-0.05, 0) is 43.0 Å². The minimum Gasteiger partial charge on any atom is -0.497 e. The molecule has 0 saturated carbocycles. The van der Waals surface area contributed by atoms with Crippen molar-refractivity contribution in [3.63, 3.8) is 0 Å². The maximum Gasteiger partial charge on any atom is 0.138 e. The van der Waals surface area contributed by atoms with Crippen molar-refractivity contribution in [3.05, 3.63) is 35.4 Å². The summed E-state index contributed by atoms with van der Waals surface area (Å²) < 4.78 is 5.11. The highest BCUT2D eigenvalue weighted by atomic mass is 16.5. The number of ether oxygens (including phenoxy) is 1. The zero-order chi connectivity index (χ0) is 14.4. The van der Waals surface area contributed by atoms with E-state index in [4.69, 9.17) is 10.1 Å². The number of rotatable bonds is 3. The third-order valence-corrected chi connectivity index (χ3v) is 3.47. The predicted octanol–water partition coefficient (Wildman–Crippen LogP) is 3.07. The van der Waals surface area contributed by atoms with Crippen LogP contribution >= 0.6 is 0 Å². The number of nitrogens with one attached hydrogen (secondary N) is 1. The predicted molar refractivity (Wildman–Crippen MR) is 79.7 cm³/mol. The van der Waals surface area contributed by atoms with Crippen LogP contribution in [0.25, 0.3) is 6.08 Å². The number of methoxy groups -OCH3 is 1. The Balaban J connectivity index is 2.15. The summed E-state index contributed by atoms with van der Waals surface area (Å²) in [5, 5.41) is 17.5. The van der Waals surface area contributed by atoms with Crippen LogP contribution in [0.3, 0.4) is 0 Å². The summed E-state index contributed by atoms with van der Waals surface area (Å²) in [4.78, 5) is 1.99. The molecule has 1 N–H and O–H groups in total. The third-order valence-electron chi connectivity index (χ3n) is 3.47. The molecule has 1 saturated heterocycles. The van der Waals surface area contributed by atoms with Crippen LogP contribution in [0.2, 0.25) is 0 Å². The van der Waals surface area contributed by atoms with E-state index in [0.29, 0.717) is 11.4 Å². The van der Waals surface area contributed by atoms with Gasteiger partial charge in [-0.25, -0.2) is 0 Å². The Morgan fingerprint density at radius 3 is 2.45 bits per heavy atom. The van der Waals surface area contributed by atoms with Crippen LogP contribution in [0.1, 0.15) is 24.8 Å². The molecular formula is C16H19N3O. The maximum atomic E-state index is 9.28. The van der Waals surface area contributed by atoms with Gasteiger partial charge < -0.3 is 9.64 Å². The number of nitriles is 1. The number of likely N-dealkylation sites (tertiary alicyclic amines) is 1. The van der Waals surface area contributed by atoms with E-state index in [1.165, 1.54) is 6.42 Å². The lowest BCUT2D eigenvalue weighted by Gasteiger charge is -2.28. The Labute approximate surface area is 119 Å². The van der Waals surface area contributed by atoms with Crippen LogP contribution in [0, 0.1) is 16.7 Å². The minimum atomic E-state index is 0.336. The summed E-state index contributed by atoms with van der Waals surface area (Å²) in [5.74, 6) is 1.12. The molecular weight excluding hydrogens is 250 g/mol. The molecule has 0 radical (unpaired) electrons. The summed E-state index contributed by atoms with van der Waals surface area (Å²) in [7, 11) is 1.62. The second-order valence-corrected chi connectivity index (χ2v) is 4.84. The number of piperidine rings is 1. The standard InChI is InChI=1S/C16H19N3O/c1-20-15-7-5-13(6-8-15)11-14(12-17)16(18)19-9-3-2-4-10-19/h5-8,11,18H,2-4,9-10H2,1H3/b14-11-,18-16?. The largest absolute Gasteiger partial charge is 0.497 e. The normalized spacial score (nSPS) is 15.6. The maximum absolute atomic E-state index is 9.28. The van der Waals surface area contributed by atoms with Gasteiger partial charge in [-0.15, -0.1) is 0 Å². The Hall–Kier alpha value is -2.28. The highest BCUT2D eigenvalue weighted by Gasteiger charge is 2.16. The summed E-state index contributed by atoms with van der Waals surface area (Å²) in [5.41, 5.74) is 1.32. The summed E-state index contributed by atoms with van der Waals surface area (Å²) >= 11 is 0. The van der Waals surface area contributed by atoms with Crippen molar-refractivity contribution in [1.29, 1.82) is 10.7 Å². The first-order chi connectivity index (χ1) is 9.74. The van der Waals surface area contributed by atoms with Crippen LogP contribution < -0.4 is 4.74 Å². The Kier molecular flexibility index (Phi) is 4.78. The van der Waals surface area contributed by atoms with Crippen molar-refractivity contribution >= 4 is 11.9 Å². The molecule has 20 heavy (non-hydrogen) atoms. The summed E-state index contributed by atoms with van der Waals surface area (Å²) in [6.45, 7) is 1.75. The fourth-order valence-electron chi connectivity index (χ4n) is 2.31. The number of hydrogen-bond acceptors (Lipinski definition) is 3. The number of hydrogen-bond donors (Lipinski definition) is 1. The van der Waals surface area contributed by atoms with Crippen molar-refractivity contribution in [2.45, 2.75) is 19.3 Å². The van der Waals surface area contributed by atoms with E-state index in [1.54, 1.807) is 13.2 Å². The molecule has 2 rings (SSSR count). The van der Waals surface area contributed by atoms with Crippen molar-refractivity contribution in [2.75, 3.05) is 20.2 Å². The third kappa shape index (κ3) is 3.39. The molecule has 0 bridgehead atoms. The molecule has 1 aliphatic rings. The quantitative estimate of drug-likeness (QED) is 0.521. The lowest BCUT2D eigenvalue weighted by molar-refractivity contribution is 0.341. The van der Waals surface area contributed by atoms with Gasteiger partial charge in [0.25, 0.3) is 0 Å². The van der Waals surface area contributed by atoms with Crippen molar-refractivity contribution < 1.29 is 4.74 Å². The first kappa shape index (κ1) is 14.1. The highest BCUT2D eigenvalue weighted by Crippen LogP contribution is 2.17. The van der Waals surface area contributed by atoms with Gasteiger partial charge in [0.2, 0.25) is 0 Å². The number of benzene rings is 1. The Bertz CT molecular complexity index is 534. The molecule has 0 unspecified atom stereocenters. The Morgan fingerprint density at radius 1 is 1.25 bits per heavy atom. The van der Waals surface area contributed by atoms with Crippen LogP contribution in [0.5, 0.6) is 5.75 Å². The molecule has 0 amide bonds. The average molecular weight is 269 g/mol. The molecule has 4 heteroatoms. The summed E-state index contributed by atoms with van der Waals surface area (Å²) in [6.07, 6.45) is 5.18. The van der Waals surface area contributed by atoms with Crippen LogP contribution in [-0.4, -0.2) is 30.9 Å². The van der Waals surface area contributed by atoms with Gasteiger partial charge in [0, 0.05) is 13.1 Å². The Morgan fingerprint density at radius 2 is 1.90 bits per heavy atom. The van der Waals surface area contributed by atoms with Gasteiger partial charge in [-0.2, -0.15) is 5.26 Å². The van der Waals surface area contributed by atoms with Gasteiger partial charge in [0.15, 0.2) is 0 Å². The number of nitrogens with zero attached hydrogens (tertiary/aromatic N) is 2. The molecule has 4 nitrogen and oxygen atoms in total. The van der Waals surface area contributed by atoms with Gasteiger partial charge in [-0.1, -0.05) is 12.1 Å². The van der Waals surface area contributed by atoms with E-state index in [9.17, 15) is 5.26 Å². The zero-order valence-electron chi connectivity index (χ0n) is 11.7.